The molecule has 0 saturated heterocycles. The smallest absolute Gasteiger partial charge is 0.280 e. The second-order valence-electron chi connectivity index (χ2n) is 4.99. The van der Waals surface area contributed by atoms with Crippen molar-refractivity contribution < 1.29 is 9.05 Å². The maximum atomic E-state index is 5.87. The molecule has 0 amide bonds. The third-order valence-electron chi connectivity index (χ3n) is 3.31. The fourth-order valence-electron chi connectivity index (χ4n) is 1.94. The van der Waals surface area contributed by atoms with Gasteiger partial charge in [0.2, 0.25) is 0 Å². The first kappa shape index (κ1) is 17.5. The maximum Gasteiger partial charge on any atom is 0.280 e. The molecule has 0 bridgehead atoms. The summed E-state index contributed by atoms with van der Waals surface area (Å²) in [6.45, 7) is 2.05. The molecule has 122 valence electrons. The second kappa shape index (κ2) is 7.59. The van der Waals surface area contributed by atoms with Crippen LogP contribution in [0.2, 0.25) is 5.02 Å². The van der Waals surface area contributed by atoms with Gasteiger partial charge < -0.3 is 14.4 Å². The number of hydrogen-bond acceptors (Lipinski definition) is 6. The summed E-state index contributed by atoms with van der Waals surface area (Å²) in [4.78, 5) is 4.33. The lowest BCUT2D eigenvalue weighted by Crippen LogP contribution is -2.24. The molecule has 0 aliphatic heterocycles. The van der Waals surface area contributed by atoms with Crippen LogP contribution in [0, 0.1) is 0 Å². The summed E-state index contributed by atoms with van der Waals surface area (Å²) < 4.78 is 10.6. The number of halogens is 2. The third-order valence-corrected chi connectivity index (χ3v) is 3.56. The molecule has 3 rings (SSSR count). The molecule has 0 spiro atoms. The van der Waals surface area contributed by atoms with Gasteiger partial charge in [0.25, 0.3) is 5.89 Å². The van der Waals surface area contributed by atoms with Crippen LogP contribution in [0.1, 0.15) is 12.7 Å². The number of benzene rings is 1. The molecule has 0 saturated carbocycles. The lowest BCUT2D eigenvalue weighted by Gasteiger charge is -2.04. The van der Waals surface area contributed by atoms with Gasteiger partial charge in [-0.15, -0.1) is 12.4 Å². The highest BCUT2D eigenvalue weighted by Gasteiger charge is 2.16. The lowest BCUT2D eigenvalue weighted by molar-refractivity contribution is 0.404. The average molecular weight is 355 g/mol. The molecule has 0 aliphatic carbocycles. The van der Waals surface area contributed by atoms with Gasteiger partial charge in [-0.1, -0.05) is 21.9 Å². The van der Waals surface area contributed by atoms with E-state index < -0.39 is 0 Å². The van der Waals surface area contributed by atoms with Crippen molar-refractivity contribution in [2.75, 3.05) is 7.05 Å². The van der Waals surface area contributed by atoms with Crippen molar-refractivity contribution >= 4 is 24.0 Å². The third kappa shape index (κ3) is 4.10. The van der Waals surface area contributed by atoms with E-state index in [4.69, 9.17) is 20.6 Å². The molecule has 6 nitrogen and oxygen atoms in total. The van der Waals surface area contributed by atoms with E-state index in [1.165, 1.54) is 0 Å². The highest BCUT2D eigenvalue weighted by molar-refractivity contribution is 6.30. The van der Waals surface area contributed by atoms with Crippen molar-refractivity contribution in [2.24, 2.45) is 0 Å². The van der Waals surface area contributed by atoms with Crippen LogP contribution in [-0.4, -0.2) is 28.4 Å². The molecule has 8 heteroatoms. The minimum Gasteiger partial charge on any atom is -0.355 e. The zero-order valence-corrected chi connectivity index (χ0v) is 14.2. The Kier molecular flexibility index (Phi) is 5.76. The standard InChI is InChI=1S/C15H15ClN4O2.ClH/c1-9(17-2)7-14-18-15(22-20-14)12-8-13(21-19-12)10-3-5-11(16)6-4-10;/h3-6,8-9,17H,7H2,1-2H3;1H. The molecule has 0 radical (unpaired) electrons. The Morgan fingerprint density at radius 3 is 2.61 bits per heavy atom. The van der Waals surface area contributed by atoms with Gasteiger partial charge in [-0.25, -0.2) is 0 Å². The summed E-state index contributed by atoms with van der Waals surface area (Å²) in [5.41, 5.74) is 1.40. The predicted molar refractivity (Wildman–Crippen MR) is 89.7 cm³/mol. The number of nitrogens with zero attached hydrogens (tertiary/aromatic N) is 3. The maximum absolute atomic E-state index is 5.87. The van der Waals surface area contributed by atoms with Gasteiger partial charge >= 0.3 is 0 Å². The number of hydrogen-bond donors (Lipinski definition) is 1. The summed E-state index contributed by atoms with van der Waals surface area (Å²) in [5, 5.41) is 11.7. The van der Waals surface area contributed by atoms with Crippen LogP contribution >= 0.6 is 24.0 Å². The zero-order chi connectivity index (χ0) is 15.5. The van der Waals surface area contributed by atoms with E-state index in [-0.39, 0.29) is 18.4 Å². The van der Waals surface area contributed by atoms with Crippen LogP contribution < -0.4 is 5.32 Å². The van der Waals surface area contributed by atoms with Crippen LogP contribution in [0.25, 0.3) is 22.9 Å². The topological polar surface area (TPSA) is 77.0 Å². The van der Waals surface area contributed by atoms with E-state index >= 15 is 0 Å². The van der Waals surface area contributed by atoms with Crippen molar-refractivity contribution in [1.82, 2.24) is 20.6 Å². The quantitative estimate of drug-likeness (QED) is 0.753. The van der Waals surface area contributed by atoms with Gasteiger partial charge in [0.15, 0.2) is 17.3 Å². The first-order chi connectivity index (χ1) is 10.7. The van der Waals surface area contributed by atoms with Crippen molar-refractivity contribution in [3.05, 3.63) is 41.2 Å². The summed E-state index contributed by atoms with van der Waals surface area (Å²) in [6, 6.07) is 9.35. The Hall–Kier alpha value is -1.89. The molecule has 2 heterocycles. The SMILES string of the molecule is CNC(C)Cc1noc(-c2cc(-c3ccc(Cl)cc3)on2)n1.Cl. The molecule has 23 heavy (non-hydrogen) atoms. The van der Waals surface area contributed by atoms with Crippen LogP contribution in [0.3, 0.4) is 0 Å². The van der Waals surface area contributed by atoms with Crippen molar-refractivity contribution in [3.8, 4) is 22.9 Å². The molecule has 0 fully saturated rings. The van der Waals surface area contributed by atoms with Crippen LogP contribution in [0.15, 0.2) is 39.4 Å². The van der Waals surface area contributed by atoms with Crippen molar-refractivity contribution in [2.45, 2.75) is 19.4 Å². The largest absolute Gasteiger partial charge is 0.355 e. The van der Waals surface area contributed by atoms with Gasteiger partial charge in [-0.05, 0) is 38.2 Å². The Morgan fingerprint density at radius 1 is 1.17 bits per heavy atom. The lowest BCUT2D eigenvalue weighted by atomic mass is 10.1. The predicted octanol–water partition coefficient (Wildman–Crippen LogP) is 3.62. The van der Waals surface area contributed by atoms with Crippen molar-refractivity contribution in [1.29, 1.82) is 0 Å². The second-order valence-corrected chi connectivity index (χ2v) is 5.43. The van der Waals surface area contributed by atoms with Gasteiger partial charge in [0.05, 0.1) is 0 Å². The summed E-state index contributed by atoms with van der Waals surface area (Å²) in [6.07, 6.45) is 0.682. The first-order valence-electron chi connectivity index (χ1n) is 6.88. The Bertz CT molecular complexity index is 755. The van der Waals surface area contributed by atoms with Gasteiger partial charge in [-0.2, -0.15) is 4.98 Å². The fraction of sp³-hybridized carbons (Fsp3) is 0.267. The monoisotopic (exact) mass is 354 g/mol. The molecular weight excluding hydrogens is 339 g/mol. The van der Waals surface area contributed by atoms with Gasteiger partial charge in [-0.3, -0.25) is 0 Å². The molecule has 1 atom stereocenters. The van der Waals surface area contributed by atoms with Crippen LogP contribution in [-0.2, 0) is 6.42 Å². The minimum absolute atomic E-state index is 0. The van der Waals surface area contributed by atoms with Crippen molar-refractivity contribution in [3.63, 3.8) is 0 Å². The normalized spacial score (nSPS) is 12.0. The highest BCUT2D eigenvalue weighted by Crippen LogP contribution is 2.26. The van der Waals surface area contributed by atoms with Gasteiger partial charge in [0.1, 0.15) is 0 Å². The summed E-state index contributed by atoms with van der Waals surface area (Å²) >= 11 is 5.87. The zero-order valence-electron chi connectivity index (χ0n) is 12.6. The molecule has 2 aromatic heterocycles. The van der Waals surface area contributed by atoms with Gasteiger partial charge in [0, 0.05) is 29.1 Å². The highest BCUT2D eigenvalue weighted by atomic mass is 35.5. The summed E-state index contributed by atoms with van der Waals surface area (Å²) in [7, 11) is 1.89. The Morgan fingerprint density at radius 2 is 1.91 bits per heavy atom. The van der Waals surface area contributed by atoms with E-state index in [0.29, 0.717) is 34.6 Å². The average Bonchev–Trinajstić information content (AvgIpc) is 3.17. The van der Waals surface area contributed by atoms with E-state index in [1.54, 1.807) is 18.2 Å². The molecule has 1 aromatic carbocycles. The number of nitrogens with one attached hydrogen (secondary N) is 1. The molecule has 3 aromatic rings. The summed E-state index contributed by atoms with van der Waals surface area (Å²) in [5.74, 6) is 1.60. The molecular formula is C15H16Cl2N4O2. The minimum atomic E-state index is 0. The van der Waals surface area contributed by atoms with E-state index in [0.717, 1.165) is 5.56 Å². The molecule has 0 aliphatic rings. The van der Waals surface area contributed by atoms with E-state index in [9.17, 15) is 0 Å². The Balaban J connectivity index is 0.00000192. The Labute approximate surface area is 144 Å². The fourth-order valence-corrected chi connectivity index (χ4v) is 2.07. The van der Waals surface area contributed by atoms with E-state index in [2.05, 4.69) is 20.6 Å². The number of likely N-dealkylation sites (N-methyl/N-ethyl adjacent to an activating group) is 1. The van der Waals surface area contributed by atoms with Crippen LogP contribution in [0.4, 0.5) is 0 Å². The first-order valence-corrected chi connectivity index (χ1v) is 7.26. The van der Waals surface area contributed by atoms with Crippen LogP contribution in [0.5, 0.6) is 0 Å². The number of rotatable bonds is 5. The van der Waals surface area contributed by atoms with E-state index in [1.807, 2.05) is 26.1 Å². The molecule has 1 unspecified atom stereocenters. The molecule has 1 N–H and O–H groups in total. The number of aromatic nitrogens is 3.